The second kappa shape index (κ2) is 11.6. The summed E-state index contributed by atoms with van der Waals surface area (Å²) in [5.41, 5.74) is 2.61. The van der Waals surface area contributed by atoms with E-state index in [1.54, 1.807) is 17.3 Å². The number of anilines is 2. The summed E-state index contributed by atoms with van der Waals surface area (Å²) in [4.78, 5) is 43.6. The summed E-state index contributed by atoms with van der Waals surface area (Å²) >= 11 is 0. The third kappa shape index (κ3) is 5.84. The van der Waals surface area contributed by atoms with Crippen molar-refractivity contribution in [3.8, 4) is 22.9 Å². The highest BCUT2D eigenvalue weighted by Gasteiger charge is 2.55. The van der Waals surface area contributed by atoms with E-state index in [9.17, 15) is 9.59 Å². The van der Waals surface area contributed by atoms with Gasteiger partial charge in [0.15, 0.2) is 0 Å². The van der Waals surface area contributed by atoms with Gasteiger partial charge < -0.3 is 24.6 Å². The highest BCUT2D eigenvalue weighted by Crippen LogP contribution is 2.55. The van der Waals surface area contributed by atoms with E-state index in [4.69, 9.17) is 14.5 Å². The second-order valence-corrected chi connectivity index (χ2v) is 13.7. The van der Waals surface area contributed by atoms with Crippen LogP contribution in [-0.2, 0) is 9.53 Å². The second-order valence-electron chi connectivity index (χ2n) is 13.7. The lowest BCUT2D eigenvalue weighted by molar-refractivity contribution is -0.121. The Morgan fingerprint density at radius 1 is 0.978 bits per heavy atom. The quantitative estimate of drug-likeness (QED) is 0.243. The van der Waals surface area contributed by atoms with Crippen molar-refractivity contribution in [2.75, 3.05) is 29.9 Å². The Bertz CT molecular complexity index is 1810. The first kappa shape index (κ1) is 30.0. The van der Waals surface area contributed by atoms with Crippen LogP contribution in [0.2, 0.25) is 0 Å². The van der Waals surface area contributed by atoms with Gasteiger partial charge in [0.25, 0.3) is 0 Å². The average Bonchev–Trinajstić information content (AvgIpc) is 3.76. The largest absolute Gasteiger partial charge is 0.444 e. The van der Waals surface area contributed by atoms with Gasteiger partial charge in [-0.3, -0.25) is 4.79 Å². The van der Waals surface area contributed by atoms with Crippen molar-refractivity contribution in [1.29, 1.82) is 0 Å². The summed E-state index contributed by atoms with van der Waals surface area (Å²) in [5.74, 6) is 1.84. The number of aromatic nitrogens is 3. The maximum atomic E-state index is 13.3. The number of amides is 2. The Morgan fingerprint density at radius 2 is 1.83 bits per heavy atom. The van der Waals surface area contributed by atoms with Gasteiger partial charge in [-0.05, 0) is 89.6 Å². The van der Waals surface area contributed by atoms with Gasteiger partial charge in [0, 0.05) is 48.8 Å². The molecule has 1 aliphatic carbocycles. The minimum atomic E-state index is -0.544. The number of hydrogen-bond acceptors (Lipinski definition) is 8. The number of carbonyl (C=O) groups excluding carboxylic acids is 2. The lowest BCUT2D eigenvalue weighted by Gasteiger charge is -2.34. The van der Waals surface area contributed by atoms with Crippen LogP contribution in [0, 0.1) is 12.3 Å². The van der Waals surface area contributed by atoms with Gasteiger partial charge in [0.2, 0.25) is 17.7 Å². The molecule has 2 amide bonds. The molecule has 0 radical (unpaired) electrons. The van der Waals surface area contributed by atoms with Crippen molar-refractivity contribution in [3.05, 3.63) is 66.5 Å². The molecule has 1 atom stereocenters. The smallest absolute Gasteiger partial charge is 0.410 e. The number of nitrogens with one attached hydrogen (secondary N) is 1. The van der Waals surface area contributed by atoms with Crippen molar-refractivity contribution < 1.29 is 19.1 Å². The van der Waals surface area contributed by atoms with Crippen LogP contribution in [0.4, 0.5) is 16.4 Å². The van der Waals surface area contributed by atoms with Gasteiger partial charge in [-0.1, -0.05) is 24.3 Å². The SMILES string of the molecule is Cc1ccc2c(N3CCC4(CC4)C3=O)cccc2c1Oc1ncccc1-c1ccnc(N[C@H]2CCCN(C(=O)OC(C)(C)C)C2)n1. The summed E-state index contributed by atoms with van der Waals surface area (Å²) in [6.07, 6.45) is 7.77. The first-order valence-corrected chi connectivity index (χ1v) is 16.2. The average molecular weight is 621 g/mol. The summed E-state index contributed by atoms with van der Waals surface area (Å²) in [6, 6.07) is 15.8. The van der Waals surface area contributed by atoms with E-state index in [-0.39, 0.29) is 23.5 Å². The predicted octanol–water partition coefficient (Wildman–Crippen LogP) is 7.12. The molecule has 3 aliphatic rings. The zero-order valence-corrected chi connectivity index (χ0v) is 26.9. The van der Waals surface area contributed by atoms with Crippen LogP contribution in [0.15, 0.2) is 60.9 Å². The Labute approximate surface area is 269 Å². The van der Waals surface area contributed by atoms with E-state index in [0.717, 1.165) is 66.2 Å². The minimum Gasteiger partial charge on any atom is -0.444 e. The van der Waals surface area contributed by atoms with Gasteiger partial charge in [-0.25, -0.2) is 19.7 Å². The Kier molecular flexibility index (Phi) is 7.53. The minimum absolute atomic E-state index is 0.00838. The number of nitrogens with zero attached hydrogens (tertiary/aromatic N) is 5. The number of fused-ring (bicyclic) bond motifs is 1. The lowest BCUT2D eigenvalue weighted by Crippen LogP contribution is -2.47. The van der Waals surface area contributed by atoms with Crippen LogP contribution in [0.5, 0.6) is 11.6 Å². The summed E-state index contributed by atoms with van der Waals surface area (Å²) in [6.45, 7) is 9.55. The van der Waals surface area contributed by atoms with E-state index < -0.39 is 5.60 Å². The van der Waals surface area contributed by atoms with E-state index in [1.165, 1.54) is 0 Å². The Balaban J connectivity index is 1.14. The highest BCUT2D eigenvalue weighted by atomic mass is 16.6. The molecule has 1 spiro atoms. The van der Waals surface area contributed by atoms with Crippen molar-refractivity contribution in [2.45, 2.75) is 71.4 Å². The molecule has 1 N–H and O–H groups in total. The van der Waals surface area contributed by atoms with Crippen LogP contribution in [0.1, 0.15) is 58.4 Å². The van der Waals surface area contributed by atoms with Crippen LogP contribution < -0.4 is 15.0 Å². The molecule has 2 aromatic heterocycles. The van der Waals surface area contributed by atoms with Gasteiger partial charge >= 0.3 is 6.09 Å². The molecule has 46 heavy (non-hydrogen) atoms. The van der Waals surface area contributed by atoms with Crippen molar-refractivity contribution in [2.24, 2.45) is 5.41 Å². The monoisotopic (exact) mass is 620 g/mol. The summed E-state index contributed by atoms with van der Waals surface area (Å²) in [5, 5.41) is 5.33. The molecular formula is C36H40N6O4. The summed E-state index contributed by atoms with van der Waals surface area (Å²) in [7, 11) is 0. The number of rotatable bonds is 6. The normalized spacial score (nSPS) is 19.0. The van der Waals surface area contributed by atoms with Crippen molar-refractivity contribution in [1.82, 2.24) is 19.9 Å². The van der Waals surface area contributed by atoms with E-state index in [2.05, 4.69) is 21.4 Å². The molecule has 0 unspecified atom stereocenters. The number of carbonyl (C=O) groups is 2. The standard InChI is InChI=1S/C36H40N6O4/c1-23-12-13-25-26(9-5-11-29(25)42-21-17-36(15-16-36)32(42)43)30(23)45-31-27(10-6-18-37-31)28-14-19-38-33(40-28)39-24-8-7-20-41(22-24)34(44)46-35(2,3)4/h5-6,9-14,18-19,24H,7-8,15-17,20-22H2,1-4H3,(H,38,39,40)/t24-/m0/s1. The molecule has 7 rings (SSSR count). The van der Waals surface area contributed by atoms with Gasteiger partial charge in [-0.2, -0.15) is 0 Å². The van der Waals surface area contributed by atoms with Crippen LogP contribution >= 0.6 is 0 Å². The van der Waals surface area contributed by atoms with Crippen molar-refractivity contribution in [3.63, 3.8) is 0 Å². The highest BCUT2D eigenvalue weighted by molar-refractivity contribution is 6.09. The molecule has 4 heterocycles. The Morgan fingerprint density at radius 3 is 2.61 bits per heavy atom. The first-order chi connectivity index (χ1) is 22.1. The third-order valence-corrected chi connectivity index (χ3v) is 9.15. The maximum absolute atomic E-state index is 13.3. The van der Waals surface area contributed by atoms with E-state index >= 15 is 0 Å². The zero-order valence-electron chi connectivity index (χ0n) is 26.9. The third-order valence-electron chi connectivity index (χ3n) is 9.15. The molecule has 238 valence electrons. The van der Waals surface area contributed by atoms with E-state index in [1.807, 2.05) is 75.1 Å². The fourth-order valence-corrected chi connectivity index (χ4v) is 6.57. The van der Waals surface area contributed by atoms with Crippen LogP contribution in [0.3, 0.4) is 0 Å². The van der Waals surface area contributed by atoms with Crippen LogP contribution in [0.25, 0.3) is 22.0 Å². The molecule has 3 fully saturated rings. The zero-order chi connectivity index (χ0) is 32.1. The fraction of sp³-hybridized carbons (Fsp3) is 0.417. The van der Waals surface area contributed by atoms with Gasteiger partial charge in [0.1, 0.15) is 11.4 Å². The number of benzene rings is 2. The molecule has 2 aliphatic heterocycles. The number of hydrogen-bond donors (Lipinski definition) is 1. The van der Waals surface area contributed by atoms with Gasteiger partial charge in [-0.15, -0.1) is 0 Å². The molecule has 10 heteroatoms. The molecule has 4 aromatic rings. The topological polar surface area (TPSA) is 110 Å². The number of aryl methyl sites for hydroxylation is 1. The Hall–Kier alpha value is -4.73. The fourth-order valence-electron chi connectivity index (χ4n) is 6.57. The number of piperidine rings is 1. The number of pyridine rings is 1. The first-order valence-electron chi connectivity index (χ1n) is 16.2. The maximum Gasteiger partial charge on any atom is 0.410 e. The van der Waals surface area contributed by atoms with Gasteiger partial charge in [0.05, 0.1) is 22.4 Å². The molecule has 0 bridgehead atoms. The molecule has 2 saturated heterocycles. The molecule has 1 saturated carbocycles. The molecule has 2 aromatic carbocycles. The number of ether oxygens (including phenoxy) is 2. The van der Waals surface area contributed by atoms with Crippen LogP contribution in [-0.4, -0.2) is 63.1 Å². The predicted molar refractivity (Wildman–Crippen MR) is 177 cm³/mol. The van der Waals surface area contributed by atoms with E-state index in [0.29, 0.717) is 36.4 Å². The number of likely N-dealkylation sites (tertiary alicyclic amines) is 1. The van der Waals surface area contributed by atoms with Crippen molar-refractivity contribution >= 4 is 34.4 Å². The molecular weight excluding hydrogens is 580 g/mol. The molecule has 10 nitrogen and oxygen atoms in total. The lowest BCUT2D eigenvalue weighted by atomic mass is 10.0. The summed E-state index contributed by atoms with van der Waals surface area (Å²) < 4.78 is 12.2.